The number of anilines is 1. The third kappa shape index (κ3) is 5.34. The summed E-state index contributed by atoms with van der Waals surface area (Å²) in [6.07, 6.45) is 0.316. The second kappa shape index (κ2) is 9.02. The summed E-state index contributed by atoms with van der Waals surface area (Å²) >= 11 is 5.98. The van der Waals surface area contributed by atoms with Gasteiger partial charge < -0.3 is 10.6 Å². The molecular weight excluding hydrogens is 330 g/mol. The van der Waals surface area contributed by atoms with Crippen molar-refractivity contribution < 1.29 is 14.8 Å². The largest absolute Gasteiger partial charge is 0.325 e. The molecule has 0 atom stereocenters. The third-order valence-corrected chi connectivity index (χ3v) is 3.65. The number of hydrogen-bond acceptors (Lipinski definition) is 4. The van der Waals surface area contributed by atoms with Gasteiger partial charge in [-0.15, -0.1) is 0 Å². The van der Waals surface area contributed by atoms with E-state index in [1.165, 1.54) is 0 Å². The Morgan fingerprint density at radius 1 is 1.04 bits per heavy atom. The van der Waals surface area contributed by atoms with Crippen LogP contribution < -0.4 is 16.1 Å². The quantitative estimate of drug-likeness (QED) is 0.352. The number of carbonyl (C=O) groups excluding carboxylic acids is 2. The van der Waals surface area contributed by atoms with Crippen molar-refractivity contribution in [3.63, 3.8) is 0 Å². The molecule has 0 heterocycles. The number of carbonyl (C=O) groups is 2. The van der Waals surface area contributed by atoms with Gasteiger partial charge in [0.2, 0.25) is 5.91 Å². The Morgan fingerprint density at radius 2 is 1.75 bits per heavy atom. The van der Waals surface area contributed by atoms with Crippen LogP contribution in [0.5, 0.6) is 0 Å². The van der Waals surface area contributed by atoms with E-state index < -0.39 is 5.91 Å². The number of halogens is 1. The van der Waals surface area contributed by atoms with E-state index in [9.17, 15) is 9.59 Å². The molecule has 0 fully saturated rings. The zero-order valence-corrected chi connectivity index (χ0v) is 13.6. The molecule has 0 spiro atoms. The molecule has 0 saturated carbocycles. The minimum absolute atomic E-state index is 0.120. The fourth-order valence-electron chi connectivity index (χ4n) is 2.05. The monoisotopic (exact) mass is 347 g/mol. The van der Waals surface area contributed by atoms with Gasteiger partial charge >= 0.3 is 0 Å². The van der Waals surface area contributed by atoms with Crippen LogP contribution in [0, 0.1) is 0 Å². The maximum Gasteiger partial charge on any atom is 0.274 e. The Labute approximate surface area is 144 Å². The fourth-order valence-corrected chi connectivity index (χ4v) is 2.23. The number of rotatable bonds is 7. The van der Waals surface area contributed by atoms with Crippen LogP contribution in [0.1, 0.15) is 22.3 Å². The van der Waals surface area contributed by atoms with Gasteiger partial charge in [0.1, 0.15) is 0 Å². The van der Waals surface area contributed by atoms with Crippen molar-refractivity contribution in [1.82, 2.24) is 10.8 Å². The molecule has 0 unspecified atom stereocenters. The highest BCUT2D eigenvalue weighted by Gasteiger charge is 2.05. The lowest BCUT2D eigenvalue weighted by atomic mass is 10.1. The first-order valence-corrected chi connectivity index (χ1v) is 7.76. The molecular formula is C17H18ClN3O3. The summed E-state index contributed by atoms with van der Waals surface area (Å²) in [5.41, 5.74) is 3.52. The molecule has 24 heavy (non-hydrogen) atoms. The predicted molar refractivity (Wildman–Crippen MR) is 92.1 cm³/mol. The van der Waals surface area contributed by atoms with Gasteiger partial charge in [0, 0.05) is 25.1 Å². The van der Waals surface area contributed by atoms with Crippen LogP contribution >= 0.6 is 11.6 Å². The minimum atomic E-state index is -0.550. The maximum absolute atomic E-state index is 11.9. The van der Waals surface area contributed by atoms with Gasteiger partial charge in [-0.1, -0.05) is 35.9 Å². The Bertz CT molecular complexity index is 704. The number of para-hydroxylation sites is 1. The maximum atomic E-state index is 11.9. The van der Waals surface area contributed by atoms with E-state index in [-0.39, 0.29) is 5.91 Å². The average molecular weight is 348 g/mol. The Balaban J connectivity index is 1.72. The summed E-state index contributed by atoms with van der Waals surface area (Å²) in [6.45, 7) is 1.08. The molecule has 2 aromatic carbocycles. The molecule has 0 radical (unpaired) electrons. The molecule has 4 N–H and O–H groups in total. The molecule has 0 bridgehead atoms. The van der Waals surface area contributed by atoms with Crippen LogP contribution in [0.3, 0.4) is 0 Å². The topological polar surface area (TPSA) is 90.5 Å². The summed E-state index contributed by atoms with van der Waals surface area (Å²) in [6, 6.07) is 13.9. The summed E-state index contributed by atoms with van der Waals surface area (Å²) in [5.74, 6) is -0.670. The van der Waals surface area contributed by atoms with Gasteiger partial charge in [-0.05, 0) is 29.8 Å². The SMILES string of the molecule is O=C(CCNCc1ccc(C(=O)NO)cc1)Nc1ccccc1Cl. The second-order valence-electron chi connectivity index (χ2n) is 5.09. The van der Waals surface area contributed by atoms with Crippen LogP contribution in [0.25, 0.3) is 0 Å². The zero-order valence-electron chi connectivity index (χ0n) is 12.9. The van der Waals surface area contributed by atoms with Gasteiger partial charge in [-0.25, -0.2) is 5.48 Å². The second-order valence-corrected chi connectivity index (χ2v) is 5.50. The first-order chi connectivity index (χ1) is 11.6. The van der Waals surface area contributed by atoms with Crippen molar-refractivity contribution in [2.75, 3.05) is 11.9 Å². The Hall–Kier alpha value is -2.41. The van der Waals surface area contributed by atoms with E-state index in [4.69, 9.17) is 16.8 Å². The highest BCUT2D eigenvalue weighted by molar-refractivity contribution is 6.33. The summed E-state index contributed by atoms with van der Waals surface area (Å²) in [5, 5.41) is 15.0. The van der Waals surface area contributed by atoms with E-state index in [0.29, 0.717) is 35.8 Å². The molecule has 2 aromatic rings. The molecule has 2 rings (SSSR count). The Kier molecular flexibility index (Phi) is 6.74. The standard InChI is InChI=1S/C17H18ClN3O3/c18-14-3-1-2-4-15(14)20-16(22)9-10-19-11-12-5-7-13(8-6-12)17(23)21-24/h1-8,19,24H,9-11H2,(H,20,22)(H,21,23). The van der Waals surface area contributed by atoms with Gasteiger partial charge in [0.05, 0.1) is 10.7 Å². The molecule has 0 aliphatic carbocycles. The van der Waals surface area contributed by atoms with Crippen molar-refractivity contribution in [1.29, 1.82) is 0 Å². The lowest BCUT2D eigenvalue weighted by Crippen LogP contribution is -2.22. The van der Waals surface area contributed by atoms with E-state index in [0.717, 1.165) is 5.56 Å². The Morgan fingerprint density at radius 3 is 2.42 bits per heavy atom. The molecule has 0 aliphatic rings. The van der Waals surface area contributed by atoms with Crippen molar-refractivity contribution in [3.8, 4) is 0 Å². The van der Waals surface area contributed by atoms with Gasteiger partial charge in [0.25, 0.3) is 5.91 Å². The van der Waals surface area contributed by atoms with Crippen LogP contribution in [-0.2, 0) is 11.3 Å². The molecule has 7 heteroatoms. The van der Waals surface area contributed by atoms with Crippen molar-refractivity contribution in [2.24, 2.45) is 0 Å². The minimum Gasteiger partial charge on any atom is -0.325 e. The number of nitrogens with one attached hydrogen (secondary N) is 3. The highest BCUT2D eigenvalue weighted by Crippen LogP contribution is 2.20. The predicted octanol–water partition coefficient (Wildman–Crippen LogP) is 2.58. The van der Waals surface area contributed by atoms with E-state index >= 15 is 0 Å². The average Bonchev–Trinajstić information content (AvgIpc) is 2.60. The number of amides is 2. The summed E-state index contributed by atoms with van der Waals surface area (Å²) in [7, 11) is 0. The lowest BCUT2D eigenvalue weighted by molar-refractivity contribution is -0.116. The van der Waals surface area contributed by atoms with E-state index in [2.05, 4.69) is 10.6 Å². The molecule has 2 amide bonds. The van der Waals surface area contributed by atoms with Crippen molar-refractivity contribution in [3.05, 3.63) is 64.7 Å². The number of benzene rings is 2. The van der Waals surface area contributed by atoms with Crippen LogP contribution in [0.2, 0.25) is 5.02 Å². The third-order valence-electron chi connectivity index (χ3n) is 3.32. The summed E-state index contributed by atoms with van der Waals surface area (Å²) < 4.78 is 0. The van der Waals surface area contributed by atoms with Gasteiger partial charge in [-0.2, -0.15) is 0 Å². The van der Waals surface area contributed by atoms with Crippen LogP contribution in [0.15, 0.2) is 48.5 Å². The smallest absolute Gasteiger partial charge is 0.274 e. The summed E-state index contributed by atoms with van der Waals surface area (Å²) in [4.78, 5) is 23.1. The van der Waals surface area contributed by atoms with Crippen molar-refractivity contribution >= 4 is 29.1 Å². The number of hydroxylamine groups is 1. The first-order valence-electron chi connectivity index (χ1n) is 7.38. The molecule has 126 valence electrons. The van der Waals surface area contributed by atoms with Crippen LogP contribution in [-0.4, -0.2) is 23.6 Å². The highest BCUT2D eigenvalue weighted by atomic mass is 35.5. The molecule has 6 nitrogen and oxygen atoms in total. The molecule has 0 aromatic heterocycles. The molecule has 0 saturated heterocycles. The van der Waals surface area contributed by atoms with E-state index in [1.807, 2.05) is 0 Å². The fraction of sp³-hybridized carbons (Fsp3) is 0.176. The normalized spacial score (nSPS) is 10.2. The van der Waals surface area contributed by atoms with E-state index in [1.54, 1.807) is 54.0 Å². The molecule has 0 aliphatic heterocycles. The van der Waals surface area contributed by atoms with Gasteiger partial charge in [-0.3, -0.25) is 14.8 Å². The van der Waals surface area contributed by atoms with Crippen LogP contribution in [0.4, 0.5) is 5.69 Å². The first kappa shape index (κ1) is 17.9. The van der Waals surface area contributed by atoms with Gasteiger partial charge in [0.15, 0.2) is 0 Å². The lowest BCUT2D eigenvalue weighted by Gasteiger charge is -2.08. The van der Waals surface area contributed by atoms with Crippen molar-refractivity contribution in [2.45, 2.75) is 13.0 Å². The number of hydrogen-bond donors (Lipinski definition) is 4. The zero-order chi connectivity index (χ0) is 17.4.